The lowest BCUT2D eigenvalue weighted by molar-refractivity contribution is -0.141. The van der Waals surface area contributed by atoms with Gasteiger partial charge in [0.05, 0.1) is 20.1 Å². The lowest BCUT2D eigenvalue weighted by Gasteiger charge is -2.12. The molecule has 0 radical (unpaired) electrons. The van der Waals surface area contributed by atoms with Gasteiger partial charge in [-0.2, -0.15) is 0 Å². The molecule has 5 heteroatoms. The van der Waals surface area contributed by atoms with E-state index in [0.717, 1.165) is 22.3 Å². The molecular formula is C14H18BrNO3. The zero-order valence-corrected chi connectivity index (χ0v) is 12.5. The highest BCUT2D eigenvalue weighted by atomic mass is 79.9. The van der Waals surface area contributed by atoms with Crippen molar-refractivity contribution >= 4 is 21.9 Å². The molecular weight excluding hydrogens is 310 g/mol. The van der Waals surface area contributed by atoms with Gasteiger partial charge in [0, 0.05) is 22.6 Å². The number of halogens is 1. The molecule has 1 aliphatic rings. The number of hydrogen-bond donors (Lipinski definition) is 1. The number of nitrogens with one attached hydrogen (secondary N) is 1. The van der Waals surface area contributed by atoms with E-state index in [-0.39, 0.29) is 12.4 Å². The summed E-state index contributed by atoms with van der Waals surface area (Å²) >= 11 is 3.46. The Hall–Kier alpha value is -1.07. The Morgan fingerprint density at radius 1 is 1.47 bits per heavy atom. The van der Waals surface area contributed by atoms with E-state index in [1.165, 1.54) is 20.0 Å². The molecule has 1 fully saturated rings. The van der Waals surface area contributed by atoms with Crippen LogP contribution in [0.1, 0.15) is 24.8 Å². The van der Waals surface area contributed by atoms with E-state index in [0.29, 0.717) is 12.6 Å². The maximum absolute atomic E-state index is 11.0. The van der Waals surface area contributed by atoms with Crippen LogP contribution in [0.4, 0.5) is 0 Å². The molecule has 104 valence electrons. The minimum atomic E-state index is -0.255. The summed E-state index contributed by atoms with van der Waals surface area (Å²) in [6, 6.07) is 6.56. The fourth-order valence-corrected chi connectivity index (χ4v) is 2.12. The second-order valence-electron chi connectivity index (χ2n) is 4.58. The zero-order valence-electron chi connectivity index (χ0n) is 10.9. The summed E-state index contributed by atoms with van der Waals surface area (Å²) < 4.78 is 11.3. The van der Waals surface area contributed by atoms with Crippen LogP contribution in [-0.4, -0.2) is 25.7 Å². The first-order valence-corrected chi connectivity index (χ1v) is 7.20. The van der Waals surface area contributed by atoms with Crippen LogP contribution in [-0.2, 0) is 16.1 Å². The Morgan fingerprint density at radius 2 is 2.26 bits per heavy atom. The van der Waals surface area contributed by atoms with E-state index in [2.05, 4.69) is 26.0 Å². The van der Waals surface area contributed by atoms with E-state index in [1.54, 1.807) is 0 Å². The van der Waals surface area contributed by atoms with Gasteiger partial charge in [-0.15, -0.1) is 0 Å². The molecule has 1 aromatic rings. The number of esters is 1. The van der Waals surface area contributed by atoms with Crippen molar-refractivity contribution in [3.63, 3.8) is 0 Å². The van der Waals surface area contributed by atoms with Crippen molar-refractivity contribution in [3.8, 4) is 5.75 Å². The number of rotatable bonds is 7. The van der Waals surface area contributed by atoms with Crippen LogP contribution in [0.15, 0.2) is 22.7 Å². The highest BCUT2D eigenvalue weighted by molar-refractivity contribution is 9.10. The largest absolute Gasteiger partial charge is 0.493 e. The van der Waals surface area contributed by atoms with Gasteiger partial charge in [-0.3, -0.25) is 4.79 Å². The third-order valence-corrected chi connectivity index (χ3v) is 3.47. The predicted molar refractivity (Wildman–Crippen MR) is 76.1 cm³/mol. The summed E-state index contributed by atoms with van der Waals surface area (Å²) in [7, 11) is 1.38. The quantitative estimate of drug-likeness (QED) is 0.782. The second-order valence-corrected chi connectivity index (χ2v) is 5.50. The SMILES string of the molecule is COC(=O)CCOc1ccc(Br)cc1CNC1CC1. The van der Waals surface area contributed by atoms with Crippen molar-refractivity contribution in [2.24, 2.45) is 0 Å². The maximum atomic E-state index is 11.0. The Morgan fingerprint density at radius 3 is 2.95 bits per heavy atom. The molecule has 0 amide bonds. The molecule has 0 heterocycles. The third kappa shape index (κ3) is 4.84. The van der Waals surface area contributed by atoms with Crippen molar-refractivity contribution in [2.75, 3.05) is 13.7 Å². The average molecular weight is 328 g/mol. The number of hydrogen-bond acceptors (Lipinski definition) is 4. The highest BCUT2D eigenvalue weighted by Gasteiger charge is 2.20. The van der Waals surface area contributed by atoms with Crippen molar-refractivity contribution in [1.29, 1.82) is 0 Å². The third-order valence-electron chi connectivity index (χ3n) is 2.97. The van der Waals surface area contributed by atoms with Gasteiger partial charge in [0.15, 0.2) is 0 Å². The van der Waals surface area contributed by atoms with Gasteiger partial charge in [0.1, 0.15) is 5.75 Å². The molecule has 0 bridgehead atoms. The van der Waals surface area contributed by atoms with E-state index in [9.17, 15) is 4.79 Å². The molecule has 1 saturated carbocycles. The van der Waals surface area contributed by atoms with Crippen molar-refractivity contribution in [1.82, 2.24) is 5.32 Å². The summed E-state index contributed by atoms with van der Waals surface area (Å²) in [5.41, 5.74) is 1.10. The van der Waals surface area contributed by atoms with E-state index in [1.807, 2.05) is 18.2 Å². The highest BCUT2D eigenvalue weighted by Crippen LogP contribution is 2.25. The van der Waals surface area contributed by atoms with Crippen molar-refractivity contribution in [3.05, 3.63) is 28.2 Å². The fraction of sp³-hybridized carbons (Fsp3) is 0.500. The molecule has 1 N–H and O–H groups in total. The molecule has 0 unspecified atom stereocenters. The first-order chi connectivity index (χ1) is 9.19. The lowest BCUT2D eigenvalue weighted by Crippen LogP contribution is -2.16. The van der Waals surface area contributed by atoms with Gasteiger partial charge in [0.2, 0.25) is 0 Å². The standard InChI is InChI=1S/C14H18BrNO3/c1-18-14(17)6-7-19-13-5-2-11(15)8-10(13)9-16-12-3-4-12/h2,5,8,12,16H,3-4,6-7,9H2,1H3. The second kappa shape index (κ2) is 6.91. The number of benzene rings is 1. The average Bonchev–Trinajstić information content (AvgIpc) is 3.22. The lowest BCUT2D eigenvalue weighted by atomic mass is 10.2. The molecule has 0 saturated heterocycles. The van der Waals surface area contributed by atoms with Gasteiger partial charge in [0.25, 0.3) is 0 Å². The smallest absolute Gasteiger partial charge is 0.308 e. The maximum Gasteiger partial charge on any atom is 0.308 e. The monoisotopic (exact) mass is 327 g/mol. The molecule has 1 aromatic carbocycles. The number of carbonyl (C=O) groups excluding carboxylic acids is 1. The molecule has 19 heavy (non-hydrogen) atoms. The van der Waals surface area contributed by atoms with Gasteiger partial charge >= 0.3 is 5.97 Å². The van der Waals surface area contributed by atoms with Gasteiger partial charge in [-0.25, -0.2) is 0 Å². The normalized spacial score (nSPS) is 14.2. The molecule has 0 aliphatic heterocycles. The van der Waals surface area contributed by atoms with Gasteiger partial charge in [-0.1, -0.05) is 15.9 Å². The number of methoxy groups -OCH3 is 1. The number of ether oxygens (including phenoxy) is 2. The van der Waals surface area contributed by atoms with Crippen LogP contribution < -0.4 is 10.1 Å². The molecule has 4 nitrogen and oxygen atoms in total. The van der Waals surface area contributed by atoms with E-state index in [4.69, 9.17) is 4.74 Å². The van der Waals surface area contributed by atoms with Crippen LogP contribution >= 0.6 is 15.9 Å². The summed E-state index contributed by atoms with van der Waals surface area (Å²) in [6.45, 7) is 1.13. The molecule has 0 aromatic heterocycles. The van der Waals surface area contributed by atoms with Crippen LogP contribution in [0, 0.1) is 0 Å². The zero-order chi connectivity index (χ0) is 13.7. The fourth-order valence-electron chi connectivity index (χ4n) is 1.72. The summed E-state index contributed by atoms with van der Waals surface area (Å²) in [5.74, 6) is 0.565. The summed E-state index contributed by atoms with van der Waals surface area (Å²) in [4.78, 5) is 11.0. The van der Waals surface area contributed by atoms with Crippen LogP contribution in [0.25, 0.3) is 0 Å². The molecule has 1 aliphatic carbocycles. The Balaban J connectivity index is 1.91. The van der Waals surface area contributed by atoms with Crippen molar-refractivity contribution in [2.45, 2.75) is 31.8 Å². The molecule has 0 atom stereocenters. The minimum absolute atomic E-state index is 0.255. The van der Waals surface area contributed by atoms with Crippen LogP contribution in [0.2, 0.25) is 0 Å². The van der Waals surface area contributed by atoms with Crippen LogP contribution in [0.3, 0.4) is 0 Å². The first kappa shape index (κ1) is 14.3. The first-order valence-electron chi connectivity index (χ1n) is 6.40. The topological polar surface area (TPSA) is 47.6 Å². The van der Waals surface area contributed by atoms with Crippen molar-refractivity contribution < 1.29 is 14.3 Å². The van der Waals surface area contributed by atoms with E-state index < -0.39 is 0 Å². The van der Waals surface area contributed by atoms with Crippen LogP contribution in [0.5, 0.6) is 5.75 Å². The predicted octanol–water partition coefficient (Wildman–Crippen LogP) is 2.64. The number of carbonyl (C=O) groups is 1. The van der Waals surface area contributed by atoms with Gasteiger partial charge in [-0.05, 0) is 31.0 Å². The summed E-state index contributed by atoms with van der Waals surface area (Å²) in [6.07, 6.45) is 2.78. The Labute approximate surface area is 121 Å². The van der Waals surface area contributed by atoms with Gasteiger partial charge < -0.3 is 14.8 Å². The minimum Gasteiger partial charge on any atom is -0.493 e. The Kier molecular flexibility index (Phi) is 5.22. The molecule has 2 rings (SSSR count). The Bertz CT molecular complexity index is 446. The summed E-state index contributed by atoms with van der Waals surface area (Å²) in [5, 5.41) is 3.46. The molecule has 0 spiro atoms. The van der Waals surface area contributed by atoms with E-state index >= 15 is 0 Å².